The van der Waals surface area contributed by atoms with E-state index in [0.717, 1.165) is 4.88 Å². The lowest BCUT2D eigenvalue weighted by Gasteiger charge is -1.99. The van der Waals surface area contributed by atoms with Crippen molar-refractivity contribution in [2.24, 2.45) is 0 Å². The first-order valence-corrected chi connectivity index (χ1v) is 7.47. The minimum atomic E-state index is -3.24. The number of hydrogen-bond donors (Lipinski definition) is 1. The van der Waals surface area contributed by atoms with E-state index in [4.69, 9.17) is 4.52 Å². The molecule has 8 heteroatoms. The second-order valence-electron chi connectivity index (χ2n) is 3.21. The van der Waals surface area contributed by atoms with E-state index in [1.807, 2.05) is 17.5 Å². The van der Waals surface area contributed by atoms with Crippen LogP contribution in [0.2, 0.25) is 0 Å². The van der Waals surface area contributed by atoms with Crippen LogP contribution in [0.3, 0.4) is 0 Å². The highest BCUT2D eigenvalue weighted by Crippen LogP contribution is 2.21. The Labute approximate surface area is 103 Å². The molecule has 0 aliphatic rings. The maximum Gasteiger partial charge on any atom is 0.242 e. The third kappa shape index (κ3) is 3.11. The van der Waals surface area contributed by atoms with Crippen LogP contribution in [0.1, 0.15) is 12.8 Å². The first kappa shape index (κ1) is 12.2. The Morgan fingerprint density at radius 3 is 3.00 bits per heavy atom. The largest absolute Gasteiger partial charge is 0.337 e. The van der Waals surface area contributed by atoms with E-state index >= 15 is 0 Å². The van der Waals surface area contributed by atoms with Crippen LogP contribution in [0.15, 0.2) is 22.0 Å². The lowest BCUT2D eigenvalue weighted by atomic mass is 10.4. The average Bonchev–Trinajstić information content (AvgIpc) is 2.97. The molecule has 0 unspecified atom stereocenters. The van der Waals surface area contributed by atoms with Gasteiger partial charge in [-0.25, -0.2) is 13.1 Å². The van der Waals surface area contributed by atoms with Crippen LogP contribution < -0.4 is 4.72 Å². The molecule has 1 N–H and O–H groups in total. The molecule has 2 rings (SSSR count). The highest BCUT2D eigenvalue weighted by molar-refractivity contribution is 7.89. The predicted octanol–water partition coefficient (Wildman–Crippen LogP) is 1.24. The molecule has 0 aliphatic carbocycles. The molecular formula is C9H11N3O3S2. The average molecular weight is 273 g/mol. The Morgan fingerprint density at radius 1 is 1.53 bits per heavy atom. The second-order valence-corrected chi connectivity index (χ2v) is 6.26. The predicted molar refractivity (Wildman–Crippen MR) is 63.9 cm³/mol. The Hall–Kier alpha value is -1.25. The van der Waals surface area contributed by atoms with E-state index in [0.29, 0.717) is 5.82 Å². The number of nitrogens with zero attached hydrogens (tertiary/aromatic N) is 2. The summed E-state index contributed by atoms with van der Waals surface area (Å²) in [5.74, 6) is 0.759. The van der Waals surface area contributed by atoms with Gasteiger partial charge < -0.3 is 4.52 Å². The van der Waals surface area contributed by atoms with E-state index in [9.17, 15) is 8.42 Å². The molecule has 0 fully saturated rings. The number of sulfonamides is 1. The molecular weight excluding hydrogens is 262 g/mol. The highest BCUT2D eigenvalue weighted by atomic mass is 32.2. The summed E-state index contributed by atoms with van der Waals surface area (Å²) in [7, 11) is -3.24. The zero-order valence-electron chi connectivity index (χ0n) is 9.08. The maximum absolute atomic E-state index is 11.2. The van der Waals surface area contributed by atoms with Crippen molar-refractivity contribution in [1.29, 1.82) is 0 Å². The van der Waals surface area contributed by atoms with Gasteiger partial charge in [-0.05, 0) is 18.4 Å². The lowest BCUT2D eigenvalue weighted by Crippen LogP contribution is -2.24. The van der Waals surface area contributed by atoms with Crippen molar-refractivity contribution in [2.75, 3.05) is 5.75 Å². The third-order valence-electron chi connectivity index (χ3n) is 2.03. The fourth-order valence-corrected chi connectivity index (χ4v) is 2.30. The zero-order valence-corrected chi connectivity index (χ0v) is 10.7. The molecule has 17 heavy (non-hydrogen) atoms. The van der Waals surface area contributed by atoms with Crippen molar-refractivity contribution in [3.8, 4) is 10.7 Å². The van der Waals surface area contributed by atoms with Gasteiger partial charge in [0.1, 0.15) is 0 Å². The molecule has 0 bridgehead atoms. The summed E-state index contributed by atoms with van der Waals surface area (Å²) in [4.78, 5) is 4.98. The van der Waals surface area contributed by atoms with Crippen LogP contribution in [0.5, 0.6) is 0 Å². The van der Waals surface area contributed by atoms with Crippen molar-refractivity contribution in [1.82, 2.24) is 14.9 Å². The van der Waals surface area contributed by atoms with Gasteiger partial charge in [0.05, 0.1) is 17.2 Å². The number of rotatable bonds is 5. The van der Waals surface area contributed by atoms with Gasteiger partial charge in [-0.3, -0.25) is 0 Å². The molecule has 0 amide bonds. The summed E-state index contributed by atoms with van der Waals surface area (Å²) in [5.41, 5.74) is 0. The molecule has 0 aliphatic heterocycles. The van der Waals surface area contributed by atoms with E-state index in [1.165, 1.54) is 11.3 Å². The molecule has 0 spiro atoms. The summed E-state index contributed by atoms with van der Waals surface area (Å²) in [5, 5.41) is 5.68. The van der Waals surface area contributed by atoms with E-state index in [1.54, 1.807) is 6.92 Å². The van der Waals surface area contributed by atoms with Crippen molar-refractivity contribution >= 4 is 21.4 Å². The summed E-state index contributed by atoms with van der Waals surface area (Å²) < 4.78 is 29.7. The quantitative estimate of drug-likeness (QED) is 0.885. The Kier molecular flexibility index (Phi) is 3.55. The van der Waals surface area contributed by atoms with Gasteiger partial charge in [-0.1, -0.05) is 11.2 Å². The van der Waals surface area contributed by atoms with Crippen LogP contribution in [-0.4, -0.2) is 24.3 Å². The van der Waals surface area contributed by atoms with Gasteiger partial charge in [0.2, 0.25) is 21.7 Å². The minimum Gasteiger partial charge on any atom is -0.337 e. The van der Waals surface area contributed by atoms with E-state index in [-0.39, 0.29) is 18.2 Å². The van der Waals surface area contributed by atoms with Crippen molar-refractivity contribution < 1.29 is 12.9 Å². The first-order valence-electron chi connectivity index (χ1n) is 4.94. The zero-order chi connectivity index (χ0) is 12.3. The van der Waals surface area contributed by atoms with Crippen molar-refractivity contribution in [2.45, 2.75) is 13.5 Å². The molecule has 0 aromatic carbocycles. The van der Waals surface area contributed by atoms with Gasteiger partial charge in [-0.2, -0.15) is 4.98 Å². The SMILES string of the molecule is CCS(=O)(=O)NCc1nc(-c2cccs2)no1. The molecule has 6 nitrogen and oxygen atoms in total. The second kappa shape index (κ2) is 4.94. The molecule has 0 atom stereocenters. The van der Waals surface area contributed by atoms with Crippen LogP contribution in [0.4, 0.5) is 0 Å². The molecule has 2 heterocycles. The minimum absolute atomic E-state index is 0.0224. The first-order chi connectivity index (χ1) is 8.11. The third-order valence-corrected chi connectivity index (χ3v) is 4.24. The van der Waals surface area contributed by atoms with Gasteiger partial charge >= 0.3 is 0 Å². The lowest BCUT2D eigenvalue weighted by molar-refractivity contribution is 0.376. The van der Waals surface area contributed by atoms with E-state index in [2.05, 4.69) is 14.9 Å². The smallest absolute Gasteiger partial charge is 0.242 e. The van der Waals surface area contributed by atoms with Crippen molar-refractivity contribution in [3.63, 3.8) is 0 Å². The normalized spacial score (nSPS) is 11.8. The van der Waals surface area contributed by atoms with Gasteiger partial charge in [0, 0.05) is 0 Å². The van der Waals surface area contributed by atoms with E-state index < -0.39 is 10.0 Å². The van der Waals surface area contributed by atoms with Gasteiger partial charge in [-0.15, -0.1) is 11.3 Å². The number of thiophene rings is 1. The van der Waals surface area contributed by atoms with Crippen molar-refractivity contribution in [3.05, 3.63) is 23.4 Å². The fourth-order valence-electron chi connectivity index (χ4n) is 1.11. The molecule has 2 aromatic rings. The van der Waals surface area contributed by atoms with Crippen LogP contribution in [0.25, 0.3) is 10.7 Å². The molecule has 92 valence electrons. The summed E-state index contributed by atoms with van der Waals surface area (Å²) in [6.07, 6.45) is 0. The molecule has 0 radical (unpaired) electrons. The molecule has 2 aromatic heterocycles. The standard InChI is InChI=1S/C9H11N3O3S2/c1-2-17(13,14)10-6-8-11-9(12-15-8)7-4-3-5-16-7/h3-5,10H,2,6H2,1H3. The van der Waals surface area contributed by atoms with Crippen LogP contribution >= 0.6 is 11.3 Å². The van der Waals surface area contributed by atoms with Crippen LogP contribution in [0, 0.1) is 0 Å². The Morgan fingerprint density at radius 2 is 2.35 bits per heavy atom. The van der Waals surface area contributed by atoms with Gasteiger partial charge in [0.15, 0.2) is 0 Å². The summed E-state index contributed by atoms with van der Waals surface area (Å²) >= 11 is 1.49. The van der Waals surface area contributed by atoms with Crippen LogP contribution in [-0.2, 0) is 16.6 Å². The number of nitrogens with one attached hydrogen (secondary N) is 1. The number of aromatic nitrogens is 2. The summed E-state index contributed by atoms with van der Waals surface area (Å²) in [6, 6.07) is 3.76. The topological polar surface area (TPSA) is 85.1 Å². The fraction of sp³-hybridized carbons (Fsp3) is 0.333. The Balaban J connectivity index is 2.05. The molecule has 0 saturated carbocycles. The number of hydrogen-bond acceptors (Lipinski definition) is 6. The summed E-state index contributed by atoms with van der Waals surface area (Å²) in [6.45, 7) is 1.59. The highest BCUT2D eigenvalue weighted by Gasteiger charge is 2.12. The Bertz CT molecular complexity index is 574. The molecule has 0 saturated heterocycles. The maximum atomic E-state index is 11.2. The van der Waals surface area contributed by atoms with Gasteiger partial charge in [0.25, 0.3) is 0 Å². The monoisotopic (exact) mass is 273 g/mol.